The van der Waals surface area contributed by atoms with Gasteiger partial charge in [0.05, 0.1) is 0 Å². The normalized spacial score (nSPS) is 16.9. The minimum atomic E-state index is -0.379. The smallest absolute Gasteiger partial charge is 0.274 e. The molecule has 0 bridgehead atoms. The molecule has 0 radical (unpaired) electrons. The van der Waals surface area contributed by atoms with Gasteiger partial charge in [-0.1, -0.05) is 29.8 Å². The largest absolute Gasteiger partial charge is 0.328 e. The van der Waals surface area contributed by atoms with E-state index in [1.54, 1.807) is 12.1 Å². The molecule has 0 saturated carbocycles. The fourth-order valence-corrected chi connectivity index (χ4v) is 1.62. The fourth-order valence-electron chi connectivity index (χ4n) is 1.41. The van der Waals surface area contributed by atoms with Crippen molar-refractivity contribution in [2.45, 2.75) is 6.92 Å². The van der Waals surface area contributed by atoms with Crippen molar-refractivity contribution in [3.63, 3.8) is 0 Å². The number of ketones is 1. The van der Waals surface area contributed by atoms with Gasteiger partial charge in [0.25, 0.3) is 5.91 Å². The van der Waals surface area contributed by atoms with Gasteiger partial charge in [0.15, 0.2) is 10.9 Å². The van der Waals surface area contributed by atoms with Gasteiger partial charge in [-0.05, 0) is 19.1 Å². The Morgan fingerprint density at radius 1 is 1.24 bits per heavy atom. The van der Waals surface area contributed by atoms with Crippen LogP contribution >= 0.6 is 12.2 Å². The van der Waals surface area contributed by atoms with Crippen LogP contribution in [-0.4, -0.2) is 16.8 Å². The van der Waals surface area contributed by atoms with Gasteiger partial charge in [-0.15, -0.1) is 0 Å². The van der Waals surface area contributed by atoms with Crippen LogP contribution in [0.5, 0.6) is 0 Å². The zero-order chi connectivity index (χ0) is 12.4. The number of hydrogen-bond acceptors (Lipinski definition) is 3. The van der Waals surface area contributed by atoms with E-state index in [1.165, 1.54) is 6.08 Å². The van der Waals surface area contributed by atoms with E-state index in [0.29, 0.717) is 5.56 Å². The Hall–Kier alpha value is -2.01. The quantitative estimate of drug-likeness (QED) is 0.465. The topological polar surface area (TPSA) is 58.2 Å². The molecule has 1 aromatic carbocycles. The highest BCUT2D eigenvalue weighted by molar-refractivity contribution is 7.80. The highest BCUT2D eigenvalue weighted by atomic mass is 32.1. The maximum absolute atomic E-state index is 11.8. The second-order valence-electron chi connectivity index (χ2n) is 3.70. The number of carbonyl (C=O) groups excluding carboxylic acids is 2. The molecule has 2 rings (SSSR count). The van der Waals surface area contributed by atoms with E-state index < -0.39 is 0 Å². The van der Waals surface area contributed by atoms with E-state index in [0.717, 1.165) is 5.56 Å². The number of rotatable bonds is 2. The molecule has 5 heteroatoms. The van der Waals surface area contributed by atoms with Crippen molar-refractivity contribution in [1.29, 1.82) is 0 Å². The summed E-state index contributed by atoms with van der Waals surface area (Å²) < 4.78 is 0. The highest BCUT2D eigenvalue weighted by Gasteiger charge is 2.21. The molecule has 0 spiro atoms. The fraction of sp³-hybridized carbons (Fsp3) is 0.0833. The first-order valence-electron chi connectivity index (χ1n) is 5.01. The van der Waals surface area contributed by atoms with Crippen LogP contribution in [0, 0.1) is 6.92 Å². The molecule has 0 aliphatic carbocycles. The second-order valence-corrected chi connectivity index (χ2v) is 4.10. The summed E-state index contributed by atoms with van der Waals surface area (Å²) in [6, 6.07) is 7.14. The van der Waals surface area contributed by atoms with E-state index in [1.807, 2.05) is 19.1 Å². The van der Waals surface area contributed by atoms with Crippen LogP contribution in [0.3, 0.4) is 0 Å². The van der Waals surface area contributed by atoms with Crippen LogP contribution in [0.15, 0.2) is 36.0 Å². The summed E-state index contributed by atoms with van der Waals surface area (Å²) in [5.74, 6) is -0.609. The number of thiocarbonyl (C=S) groups is 1. The van der Waals surface area contributed by atoms with Gasteiger partial charge in [0.2, 0.25) is 0 Å². The second kappa shape index (κ2) is 4.47. The average Bonchev–Trinajstić information content (AvgIpc) is 2.58. The molecule has 1 heterocycles. The van der Waals surface area contributed by atoms with Gasteiger partial charge in [-0.3, -0.25) is 14.9 Å². The minimum absolute atomic E-state index is 0.181. The van der Waals surface area contributed by atoms with Gasteiger partial charge < -0.3 is 5.32 Å². The molecule has 0 unspecified atom stereocenters. The number of carbonyl (C=O) groups is 2. The van der Waals surface area contributed by atoms with E-state index >= 15 is 0 Å². The van der Waals surface area contributed by atoms with Crippen LogP contribution in [0.25, 0.3) is 0 Å². The summed E-state index contributed by atoms with van der Waals surface area (Å²) in [6.45, 7) is 1.94. The summed E-state index contributed by atoms with van der Waals surface area (Å²) >= 11 is 4.76. The van der Waals surface area contributed by atoms with Crippen molar-refractivity contribution in [2.75, 3.05) is 0 Å². The molecule has 1 aliphatic rings. The third-order valence-electron chi connectivity index (χ3n) is 2.33. The predicted molar refractivity (Wildman–Crippen MR) is 67.5 cm³/mol. The molecule has 0 atom stereocenters. The number of nitrogens with one attached hydrogen (secondary N) is 2. The zero-order valence-corrected chi connectivity index (χ0v) is 9.93. The molecule has 2 N–H and O–H groups in total. The third-order valence-corrected chi connectivity index (χ3v) is 2.54. The predicted octanol–water partition coefficient (Wildman–Crippen LogP) is 1.07. The molecule has 1 amide bonds. The first kappa shape index (κ1) is 11.5. The molecule has 1 saturated heterocycles. The lowest BCUT2D eigenvalue weighted by molar-refractivity contribution is -0.115. The first-order chi connectivity index (χ1) is 8.06. The van der Waals surface area contributed by atoms with Gasteiger partial charge in [0, 0.05) is 11.6 Å². The van der Waals surface area contributed by atoms with Gasteiger partial charge in [-0.25, -0.2) is 0 Å². The molecular weight excluding hydrogens is 236 g/mol. The number of hydrogen-bond donors (Lipinski definition) is 2. The molecule has 86 valence electrons. The number of allylic oxidation sites excluding steroid dienone is 1. The van der Waals surface area contributed by atoms with E-state index in [9.17, 15) is 9.59 Å². The van der Waals surface area contributed by atoms with Crippen molar-refractivity contribution in [3.05, 3.63) is 47.2 Å². The summed E-state index contributed by atoms with van der Waals surface area (Å²) in [4.78, 5) is 23.1. The Labute approximate surface area is 104 Å². The van der Waals surface area contributed by atoms with Crippen molar-refractivity contribution in [2.24, 2.45) is 0 Å². The van der Waals surface area contributed by atoms with Crippen molar-refractivity contribution in [3.8, 4) is 0 Å². The number of benzene rings is 1. The van der Waals surface area contributed by atoms with Gasteiger partial charge >= 0.3 is 0 Å². The Morgan fingerprint density at radius 3 is 2.41 bits per heavy atom. The Morgan fingerprint density at radius 2 is 1.88 bits per heavy atom. The average molecular weight is 246 g/mol. The summed E-state index contributed by atoms with van der Waals surface area (Å²) in [5.41, 5.74) is 1.79. The molecule has 0 aromatic heterocycles. The maximum atomic E-state index is 11.8. The van der Waals surface area contributed by atoms with Gasteiger partial charge in [0.1, 0.15) is 5.70 Å². The Kier molecular flexibility index (Phi) is 3.01. The number of amides is 1. The van der Waals surface area contributed by atoms with Crippen LogP contribution in [0.1, 0.15) is 15.9 Å². The standard InChI is InChI=1S/C12H10N2O2S/c1-7-2-4-8(5-3-7)10(15)6-9-11(16)14-12(17)13-9/h2-6H,1H3,(H2,13,14,16,17)/b9-6+. The SMILES string of the molecule is Cc1ccc(C(=O)/C=C2/NC(=S)NC2=O)cc1. The van der Waals surface area contributed by atoms with Crippen LogP contribution in [-0.2, 0) is 4.79 Å². The first-order valence-corrected chi connectivity index (χ1v) is 5.42. The van der Waals surface area contributed by atoms with E-state index in [-0.39, 0.29) is 22.5 Å². The van der Waals surface area contributed by atoms with Crippen LogP contribution < -0.4 is 10.6 Å². The molecule has 17 heavy (non-hydrogen) atoms. The molecule has 1 aromatic rings. The van der Waals surface area contributed by atoms with Crippen molar-refractivity contribution < 1.29 is 9.59 Å². The zero-order valence-electron chi connectivity index (χ0n) is 9.11. The summed E-state index contributed by atoms with van der Waals surface area (Å²) in [7, 11) is 0. The molecule has 4 nitrogen and oxygen atoms in total. The van der Waals surface area contributed by atoms with Crippen LogP contribution in [0.4, 0.5) is 0 Å². The third kappa shape index (κ3) is 2.57. The number of aryl methyl sites for hydroxylation is 1. The monoisotopic (exact) mass is 246 g/mol. The Bertz CT molecular complexity index is 532. The van der Waals surface area contributed by atoms with E-state index in [4.69, 9.17) is 12.2 Å². The maximum Gasteiger partial charge on any atom is 0.274 e. The lowest BCUT2D eigenvalue weighted by Gasteiger charge is -1.98. The summed E-state index contributed by atoms with van der Waals surface area (Å²) in [6.07, 6.45) is 1.25. The van der Waals surface area contributed by atoms with Crippen molar-refractivity contribution >= 4 is 29.0 Å². The van der Waals surface area contributed by atoms with Crippen molar-refractivity contribution in [1.82, 2.24) is 10.6 Å². The summed E-state index contributed by atoms with van der Waals surface area (Å²) in [5, 5.41) is 5.24. The Balaban J connectivity index is 2.22. The lowest BCUT2D eigenvalue weighted by atomic mass is 10.1. The van der Waals surface area contributed by atoms with Crippen LogP contribution in [0.2, 0.25) is 0 Å². The molecule has 1 aliphatic heterocycles. The molecular formula is C12H10N2O2S. The van der Waals surface area contributed by atoms with Gasteiger partial charge in [-0.2, -0.15) is 0 Å². The minimum Gasteiger partial charge on any atom is -0.328 e. The highest BCUT2D eigenvalue weighted by Crippen LogP contribution is 2.07. The molecule has 1 fully saturated rings. The van der Waals surface area contributed by atoms with E-state index in [2.05, 4.69) is 10.6 Å². The lowest BCUT2D eigenvalue weighted by Crippen LogP contribution is -2.21.